The fraction of sp³-hybridized carbons (Fsp3) is 0. The Balaban J connectivity index is 1.20. The van der Waals surface area contributed by atoms with Gasteiger partial charge in [0, 0.05) is 0 Å². The Kier molecular flexibility index (Phi) is 6.54. The molecule has 0 saturated heterocycles. The second-order valence-electron chi connectivity index (χ2n) is 15.8. The first-order valence-electron chi connectivity index (χ1n) is 20.3. The highest BCUT2D eigenvalue weighted by atomic mass is 14.3. The van der Waals surface area contributed by atoms with Crippen LogP contribution in [0, 0.1) is 0 Å². The molecule has 0 spiro atoms. The van der Waals surface area contributed by atoms with E-state index in [0.29, 0.717) is 0 Å². The minimum atomic E-state index is 1.22. The third-order valence-corrected chi connectivity index (χ3v) is 13.0. The van der Waals surface area contributed by atoms with Crippen LogP contribution in [0.5, 0.6) is 0 Å². The number of hydrogen-bond acceptors (Lipinski definition) is 0. The summed E-state index contributed by atoms with van der Waals surface area (Å²) in [4.78, 5) is 0. The van der Waals surface area contributed by atoms with Crippen LogP contribution in [-0.4, -0.2) is 0 Å². The third-order valence-electron chi connectivity index (χ3n) is 13.0. The molecule has 0 heteroatoms. The minimum Gasteiger partial charge on any atom is -0.0622 e. The molecule has 58 heavy (non-hydrogen) atoms. The van der Waals surface area contributed by atoms with Gasteiger partial charge in [-0.25, -0.2) is 0 Å². The normalized spacial score (nSPS) is 12.1. The van der Waals surface area contributed by atoms with Crippen molar-refractivity contribution in [2.75, 3.05) is 0 Å². The smallest absolute Gasteiger partial charge is 0.00139 e. The van der Waals surface area contributed by atoms with Crippen molar-refractivity contribution >= 4 is 64.6 Å². The molecule has 0 radical (unpaired) electrons. The van der Waals surface area contributed by atoms with Gasteiger partial charge in [-0.2, -0.15) is 0 Å². The van der Waals surface area contributed by atoms with Crippen LogP contribution >= 0.6 is 0 Å². The van der Waals surface area contributed by atoms with Gasteiger partial charge in [-0.1, -0.05) is 194 Å². The second-order valence-corrected chi connectivity index (χ2v) is 15.8. The summed E-state index contributed by atoms with van der Waals surface area (Å²) >= 11 is 0. The molecular weight excluding hydrogens is 697 g/mol. The van der Waals surface area contributed by atoms with E-state index < -0.39 is 0 Å². The molecule has 0 aliphatic heterocycles. The van der Waals surface area contributed by atoms with Crippen molar-refractivity contribution in [1.29, 1.82) is 0 Å². The zero-order valence-electron chi connectivity index (χ0n) is 31.6. The van der Waals surface area contributed by atoms with Gasteiger partial charge in [0.25, 0.3) is 0 Å². The summed E-state index contributed by atoms with van der Waals surface area (Å²) < 4.78 is 0. The lowest BCUT2D eigenvalue weighted by Crippen LogP contribution is -1.95. The summed E-state index contributed by atoms with van der Waals surface area (Å²) in [5.41, 5.74) is 15.2. The van der Waals surface area contributed by atoms with Gasteiger partial charge in [0.1, 0.15) is 0 Å². The van der Waals surface area contributed by atoms with Gasteiger partial charge in [-0.3, -0.25) is 0 Å². The lowest BCUT2D eigenvalue weighted by molar-refractivity contribution is 1.60. The molecule has 0 heterocycles. The van der Waals surface area contributed by atoms with Crippen molar-refractivity contribution in [2.24, 2.45) is 0 Å². The summed E-state index contributed by atoms with van der Waals surface area (Å²) in [6.07, 6.45) is 0. The molecule has 1 aliphatic carbocycles. The van der Waals surface area contributed by atoms with E-state index in [4.69, 9.17) is 0 Å². The average molecular weight is 731 g/mol. The SMILES string of the molecule is c1ccc(-c2ccccc2-c2c3ccccc3c(-c3ccccc3-c3ccccc3)c3cc4c(cc23)-c2ccc3c5cccc6cccc(c7ccc-4c2c37)c65)cc1. The largest absolute Gasteiger partial charge is 0.0622 e. The van der Waals surface area contributed by atoms with Gasteiger partial charge in [-0.05, 0) is 144 Å². The van der Waals surface area contributed by atoms with Crippen LogP contribution in [0.4, 0.5) is 0 Å². The molecule has 0 unspecified atom stereocenters. The molecule has 0 aromatic heterocycles. The summed E-state index contributed by atoms with van der Waals surface area (Å²) in [5, 5.41) is 15.8. The van der Waals surface area contributed by atoms with Crippen LogP contribution in [0.3, 0.4) is 0 Å². The zero-order chi connectivity index (χ0) is 37.9. The van der Waals surface area contributed by atoms with E-state index in [2.05, 4.69) is 206 Å². The maximum atomic E-state index is 2.54. The molecule has 266 valence electrons. The predicted molar refractivity (Wildman–Crippen MR) is 249 cm³/mol. The fourth-order valence-corrected chi connectivity index (χ4v) is 10.6. The van der Waals surface area contributed by atoms with Gasteiger partial charge >= 0.3 is 0 Å². The van der Waals surface area contributed by atoms with E-state index >= 15 is 0 Å². The Morgan fingerprint density at radius 1 is 0.190 bits per heavy atom. The Hall–Kier alpha value is -7.54. The first-order chi connectivity index (χ1) is 28.8. The number of benzene rings is 12. The Labute approximate surface area is 336 Å². The fourth-order valence-electron chi connectivity index (χ4n) is 10.6. The van der Waals surface area contributed by atoms with E-state index in [0.717, 1.165) is 0 Å². The van der Waals surface area contributed by atoms with Crippen LogP contribution in [0.1, 0.15) is 0 Å². The summed E-state index contributed by atoms with van der Waals surface area (Å²) in [6, 6.07) is 77.0. The third kappa shape index (κ3) is 4.29. The van der Waals surface area contributed by atoms with Crippen molar-refractivity contribution in [2.45, 2.75) is 0 Å². The molecule has 13 rings (SSSR count). The molecule has 12 aromatic rings. The molecule has 0 bridgehead atoms. The highest BCUT2D eigenvalue weighted by Gasteiger charge is 2.28. The second kappa shape index (κ2) is 12.0. The predicted octanol–water partition coefficient (Wildman–Crippen LogP) is 16.4. The molecule has 0 saturated carbocycles. The molecule has 0 nitrogen and oxygen atoms in total. The van der Waals surface area contributed by atoms with E-state index in [1.807, 2.05) is 0 Å². The standard InChI is InChI=1S/C58H34/c1-3-15-35(16-4-1)38-21-7-9-23-40(38)55-44-25-11-12-26-45(44)56(41-24-10-8-22-39(41)36-17-5-2-6-18-36)53-34-51-49-32-30-47-43-28-14-20-37-19-13-27-42(54(37)43)46-29-31-48(58(49)57(46)47)50(51)33-52(53)55/h1-34H. The van der Waals surface area contributed by atoms with Crippen LogP contribution in [0.2, 0.25) is 0 Å². The van der Waals surface area contributed by atoms with Gasteiger partial charge < -0.3 is 0 Å². The van der Waals surface area contributed by atoms with Crippen molar-refractivity contribution in [3.63, 3.8) is 0 Å². The van der Waals surface area contributed by atoms with E-state index in [9.17, 15) is 0 Å². The first-order valence-corrected chi connectivity index (χ1v) is 20.3. The van der Waals surface area contributed by atoms with Crippen molar-refractivity contribution < 1.29 is 0 Å². The van der Waals surface area contributed by atoms with Crippen LogP contribution in [0.25, 0.3) is 131 Å². The summed E-state index contributed by atoms with van der Waals surface area (Å²) in [7, 11) is 0. The number of rotatable bonds is 4. The number of fused-ring (bicyclic) bond motifs is 7. The van der Waals surface area contributed by atoms with Crippen LogP contribution < -0.4 is 0 Å². The van der Waals surface area contributed by atoms with Crippen LogP contribution in [0.15, 0.2) is 206 Å². The average Bonchev–Trinajstić information content (AvgIpc) is 3.61. The molecule has 1 aliphatic rings. The molecule has 0 atom stereocenters. The quantitative estimate of drug-likeness (QED) is 0.125. The maximum absolute atomic E-state index is 2.54. The zero-order valence-corrected chi connectivity index (χ0v) is 31.6. The summed E-state index contributed by atoms with van der Waals surface area (Å²) in [6.45, 7) is 0. The van der Waals surface area contributed by atoms with Gasteiger partial charge in [0.05, 0.1) is 0 Å². The Morgan fingerprint density at radius 2 is 0.586 bits per heavy atom. The van der Waals surface area contributed by atoms with Gasteiger partial charge in [0.15, 0.2) is 0 Å². The number of hydrogen-bond donors (Lipinski definition) is 0. The lowest BCUT2D eigenvalue weighted by Gasteiger charge is -2.22. The van der Waals surface area contributed by atoms with E-state index in [1.54, 1.807) is 0 Å². The summed E-state index contributed by atoms with van der Waals surface area (Å²) in [5.74, 6) is 0. The van der Waals surface area contributed by atoms with Crippen molar-refractivity contribution in [3.8, 4) is 66.8 Å². The highest BCUT2D eigenvalue weighted by molar-refractivity contribution is 6.38. The lowest BCUT2D eigenvalue weighted by atomic mass is 9.81. The molecular formula is C58H34. The topological polar surface area (TPSA) is 0 Å². The molecule has 0 amide bonds. The van der Waals surface area contributed by atoms with Crippen molar-refractivity contribution in [1.82, 2.24) is 0 Å². The van der Waals surface area contributed by atoms with Crippen LogP contribution in [-0.2, 0) is 0 Å². The molecule has 12 aromatic carbocycles. The van der Waals surface area contributed by atoms with Gasteiger partial charge in [0.2, 0.25) is 0 Å². The molecule has 0 N–H and O–H groups in total. The van der Waals surface area contributed by atoms with Crippen molar-refractivity contribution in [3.05, 3.63) is 206 Å². The maximum Gasteiger partial charge on any atom is -0.00139 e. The van der Waals surface area contributed by atoms with E-state index in [1.165, 1.54) is 131 Å². The Morgan fingerprint density at radius 3 is 1.07 bits per heavy atom. The molecule has 0 fully saturated rings. The van der Waals surface area contributed by atoms with Gasteiger partial charge in [-0.15, -0.1) is 0 Å². The highest BCUT2D eigenvalue weighted by Crippen LogP contribution is 2.56. The Bertz CT molecular complexity index is 3410. The minimum absolute atomic E-state index is 1.22. The first kappa shape index (κ1) is 31.6. The monoisotopic (exact) mass is 730 g/mol. The van der Waals surface area contributed by atoms with E-state index in [-0.39, 0.29) is 0 Å².